The Morgan fingerprint density at radius 1 is 1.24 bits per heavy atom. The van der Waals surface area contributed by atoms with Crippen LogP contribution in [-0.4, -0.2) is 19.6 Å². The number of nitrogens with one attached hydrogen (secondary N) is 1. The summed E-state index contributed by atoms with van der Waals surface area (Å²) in [7, 11) is 0. The molecule has 96 valence electrons. The van der Waals surface area contributed by atoms with Crippen molar-refractivity contribution in [2.75, 3.05) is 24.5 Å². The second-order valence-corrected chi connectivity index (χ2v) is 4.13. The molecule has 0 saturated carbocycles. The van der Waals surface area contributed by atoms with Crippen LogP contribution in [0.1, 0.15) is 32.8 Å². The molecule has 2 nitrogen and oxygen atoms in total. The van der Waals surface area contributed by atoms with E-state index in [1.54, 1.807) is 12.1 Å². The minimum absolute atomic E-state index is 0.158. The number of rotatable bonds is 7. The lowest BCUT2D eigenvalue weighted by Gasteiger charge is -2.25. The third-order valence-electron chi connectivity index (χ3n) is 2.82. The van der Waals surface area contributed by atoms with Crippen LogP contribution in [0.25, 0.3) is 0 Å². The first kappa shape index (κ1) is 14.0. The maximum atomic E-state index is 13.3. The average Bonchev–Trinajstić information content (AvgIpc) is 2.34. The Balaban J connectivity index is 2.94. The van der Waals surface area contributed by atoms with E-state index in [4.69, 9.17) is 0 Å². The average molecular weight is 238 g/mol. The summed E-state index contributed by atoms with van der Waals surface area (Å²) in [6.07, 6.45) is 1.10. The quantitative estimate of drug-likeness (QED) is 0.785. The third kappa shape index (κ3) is 4.00. The van der Waals surface area contributed by atoms with Gasteiger partial charge in [-0.3, -0.25) is 0 Å². The molecule has 1 aromatic carbocycles. The maximum absolute atomic E-state index is 13.3. The molecule has 0 saturated heterocycles. The highest BCUT2D eigenvalue weighted by atomic mass is 19.1. The zero-order valence-corrected chi connectivity index (χ0v) is 11.1. The van der Waals surface area contributed by atoms with Gasteiger partial charge >= 0.3 is 0 Å². The monoisotopic (exact) mass is 238 g/mol. The predicted molar refractivity (Wildman–Crippen MR) is 72.0 cm³/mol. The summed E-state index contributed by atoms with van der Waals surface area (Å²) in [5, 5.41) is 3.26. The van der Waals surface area contributed by atoms with Gasteiger partial charge in [0.05, 0.1) is 0 Å². The van der Waals surface area contributed by atoms with Gasteiger partial charge in [-0.05, 0) is 43.7 Å². The fraction of sp³-hybridized carbons (Fsp3) is 0.571. The van der Waals surface area contributed by atoms with E-state index in [9.17, 15) is 4.39 Å². The Morgan fingerprint density at radius 3 is 2.59 bits per heavy atom. The molecule has 0 fully saturated rings. The normalized spacial score (nSPS) is 10.6. The van der Waals surface area contributed by atoms with Crippen molar-refractivity contribution >= 4 is 5.69 Å². The van der Waals surface area contributed by atoms with Crippen LogP contribution < -0.4 is 10.2 Å². The molecule has 0 aliphatic rings. The van der Waals surface area contributed by atoms with Crippen LogP contribution in [0.2, 0.25) is 0 Å². The summed E-state index contributed by atoms with van der Waals surface area (Å²) in [6.45, 7) is 9.95. The van der Waals surface area contributed by atoms with Crippen molar-refractivity contribution in [3.8, 4) is 0 Å². The molecule has 0 atom stereocenters. The Hall–Kier alpha value is -1.09. The molecule has 0 aliphatic carbocycles. The molecular formula is C14H23FN2. The van der Waals surface area contributed by atoms with E-state index >= 15 is 0 Å². The predicted octanol–water partition coefficient (Wildman–Crippen LogP) is 3.17. The Labute approximate surface area is 104 Å². The zero-order chi connectivity index (χ0) is 12.7. The molecule has 1 N–H and O–H groups in total. The molecule has 1 aromatic rings. The molecule has 0 aliphatic heterocycles. The first-order chi connectivity index (χ1) is 8.22. The van der Waals surface area contributed by atoms with Crippen molar-refractivity contribution < 1.29 is 4.39 Å². The minimum Gasteiger partial charge on any atom is -0.372 e. The summed E-state index contributed by atoms with van der Waals surface area (Å²) in [5.74, 6) is -0.158. The van der Waals surface area contributed by atoms with Crippen LogP contribution in [0, 0.1) is 5.82 Å². The standard InChI is InChI=1S/C14H23FN2/c1-4-9-17(6-3)14-8-7-13(15)10-12(14)11-16-5-2/h7-8,10,16H,4-6,9,11H2,1-3H3. The highest BCUT2D eigenvalue weighted by molar-refractivity contribution is 5.53. The molecule has 0 bridgehead atoms. The summed E-state index contributed by atoms with van der Waals surface area (Å²) in [6, 6.07) is 5.07. The van der Waals surface area contributed by atoms with Gasteiger partial charge in [0.1, 0.15) is 5.82 Å². The van der Waals surface area contributed by atoms with Crippen molar-refractivity contribution in [2.45, 2.75) is 33.7 Å². The summed E-state index contributed by atoms with van der Waals surface area (Å²) in [5.41, 5.74) is 2.19. The molecule has 3 heteroatoms. The molecule has 0 spiro atoms. The van der Waals surface area contributed by atoms with Gasteiger partial charge in [0.2, 0.25) is 0 Å². The van der Waals surface area contributed by atoms with Gasteiger partial charge in [0.25, 0.3) is 0 Å². The number of hydrogen-bond donors (Lipinski definition) is 1. The van der Waals surface area contributed by atoms with Gasteiger partial charge in [-0.25, -0.2) is 4.39 Å². The van der Waals surface area contributed by atoms with Gasteiger partial charge in [-0.15, -0.1) is 0 Å². The van der Waals surface area contributed by atoms with Crippen molar-refractivity contribution in [1.29, 1.82) is 0 Å². The summed E-state index contributed by atoms with van der Waals surface area (Å²) >= 11 is 0. The van der Waals surface area contributed by atoms with Crippen LogP contribution in [0.4, 0.5) is 10.1 Å². The van der Waals surface area contributed by atoms with Crippen molar-refractivity contribution in [3.63, 3.8) is 0 Å². The summed E-state index contributed by atoms with van der Waals surface area (Å²) in [4.78, 5) is 2.30. The lowest BCUT2D eigenvalue weighted by Crippen LogP contribution is -2.26. The van der Waals surface area contributed by atoms with Crippen molar-refractivity contribution in [2.24, 2.45) is 0 Å². The van der Waals surface area contributed by atoms with Gasteiger partial charge in [0, 0.05) is 25.3 Å². The fourth-order valence-electron chi connectivity index (χ4n) is 1.98. The van der Waals surface area contributed by atoms with E-state index in [1.165, 1.54) is 0 Å². The number of benzene rings is 1. The second-order valence-electron chi connectivity index (χ2n) is 4.13. The smallest absolute Gasteiger partial charge is 0.123 e. The Bertz CT molecular complexity index is 339. The van der Waals surface area contributed by atoms with Crippen molar-refractivity contribution in [3.05, 3.63) is 29.6 Å². The highest BCUT2D eigenvalue weighted by Crippen LogP contribution is 2.22. The summed E-state index contributed by atoms with van der Waals surface area (Å²) < 4.78 is 13.3. The van der Waals surface area contributed by atoms with E-state index in [0.717, 1.165) is 43.9 Å². The number of nitrogens with zero attached hydrogens (tertiary/aromatic N) is 1. The third-order valence-corrected chi connectivity index (χ3v) is 2.82. The van der Waals surface area contributed by atoms with Crippen LogP contribution >= 0.6 is 0 Å². The number of halogens is 1. The van der Waals surface area contributed by atoms with E-state index in [-0.39, 0.29) is 5.82 Å². The molecule has 1 rings (SSSR count). The molecule has 0 unspecified atom stereocenters. The van der Waals surface area contributed by atoms with Gasteiger partial charge in [-0.2, -0.15) is 0 Å². The van der Waals surface area contributed by atoms with E-state index in [0.29, 0.717) is 0 Å². The van der Waals surface area contributed by atoms with E-state index < -0.39 is 0 Å². The van der Waals surface area contributed by atoms with E-state index in [1.807, 2.05) is 6.07 Å². The van der Waals surface area contributed by atoms with Crippen LogP contribution in [-0.2, 0) is 6.54 Å². The second kappa shape index (κ2) is 7.28. The SMILES string of the molecule is CCCN(CC)c1ccc(F)cc1CNCC. The fourth-order valence-corrected chi connectivity index (χ4v) is 1.98. The Kier molecular flexibility index (Phi) is 5.98. The molecular weight excluding hydrogens is 215 g/mol. The minimum atomic E-state index is -0.158. The van der Waals surface area contributed by atoms with Crippen molar-refractivity contribution in [1.82, 2.24) is 5.32 Å². The van der Waals surface area contributed by atoms with Gasteiger partial charge in [0.15, 0.2) is 0 Å². The van der Waals surface area contributed by atoms with Crippen LogP contribution in [0.3, 0.4) is 0 Å². The molecule has 0 radical (unpaired) electrons. The van der Waals surface area contributed by atoms with Crippen LogP contribution in [0.15, 0.2) is 18.2 Å². The molecule has 0 aromatic heterocycles. The molecule has 0 heterocycles. The van der Waals surface area contributed by atoms with E-state index in [2.05, 4.69) is 31.0 Å². The highest BCUT2D eigenvalue weighted by Gasteiger charge is 2.09. The van der Waals surface area contributed by atoms with Gasteiger partial charge in [-0.1, -0.05) is 13.8 Å². The van der Waals surface area contributed by atoms with Gasteiger partial charge < -0.3 is 10.2 Å². The van der Waals surface area contributed by atoms with Crippen LogP contribution in [0.5, 0.6) is 0 Å². The topological polar surface area (TPSA) is 15.3 Å². The lowest BCUT2D eigenvalue weighted by molar-refractivity contribution is 0.620. The first-order valence-electron chi connectivity index (χ1n) is 6.47. The molecule has 0 amide bonds. The maximum Gasteiger partial charge on any atom is 0.123 e. The first-order valence-corrected chi connectivity index (χ1v) is 6.47. The molecule has 17 heavy (non-hydrogen) atoms. The Morgan fingerprint density at radius 2 is 2.00 bits per heavy atom. The number of hydrogen-bond acceptors (Lipinski definition) is 2. The largest absolute Gasteiger partial charge is 0.372 e. The lowest BCUT2D eigenvalue weighted by atomic mass is 10.1. The zero-order valence-electron chi connectivity index (χ0n) is 11.1. The number of anilines is 1.